The maximum atomic E-state index is 4.48. The second kappa shape index (κ2) is 4.94. The van der Waals surface area contributed by atoms with Crippen LogP contribution in [0.25, 0.3) is 11.0 Å². The van der Waals surface area contributed by atoms with Crippen molar-refractivity contribution in [3.63, 3.8) is 0 Å². The second-order valence-corrected chi connectivity index (χ2v) is 5.71. The summed E-state index contributed by atoms with van der Waals surface area (Å²) in [6, 6.07) is 16.8. The number of likely N-dealkylation sites (N-methyl/N-ethyl adjacent to an activating group) is 1. The van der Waals surface area contributed by atoms with E-state index in [2.05, 4.69) is 46.6 Å². The minimum atomic E-state index is 0.0418. The van der Waals surface area contributed by atoms with Crippen LogP contribution in [-0.4, -0.2) is 33.3 Å². The van der Waals surface area contributed by atoms with Crippen molar-refractivity contribution in [1.29, 1.82) is 0 Å². The van der Waals surface area contributed by atoms with Crippen molar-refractivity contribution in [3.8, 4) is 0 Å². The Labute approximate surface area is 128 Å². The summed E-state index contributed by atoms with van der Waals surface area (Å²) in [6.45, 7) is 2.10. The summed E-state index contributed by atoms with van der Waals surface area (Å²) in [5.41, 5.74) is 4.43. The van der Waals surface area contributed by atoms with Gasteiger partial charge in [-0.1, -0.05) is 47.2 Å². The highest BCUT2D eigenvalue weighted by Gasteiger charge is 2.33. The number of aromatic nitrogens is 3. The number of hydrazone groups is 1. The van der Waals surface area contributed by atoms with Gasteiger partial charge in [0, 0.05) is 7.05 Å². The molecule has 2 atom stereocenters. The Hall–Kier alpha value is -2.69. The summed E-state index contributed by atoms with van der Waals surface area (Å²) in [5, 5.41) is 15.1. The van der Waals surface area contributed by atoms with Crippen molar-refractivity contribution in [2.75, 3.05) is 7.05 Å². The first-order valence-corrected chi connectivity index (χ1v) is 7.37. The molecule has 0 amide bonds. The first-order valence-electron chi connectivity index (χ1n) is 7.37. The van der Waals surface area contributed by atoms with E-state index in [9.17, 15) is 0 Å². The van der Waals surface area contributed by atoms with Crippen molar-refractivity contribution >= 4 is 17.2 Å². The fraction of sp³-hybridized carbons (Fsp3) is 0.235. The number of benzene rings is 2. The van der Waals surface area contributed by atoms with Gasteiger partial charge in [-0.2, -0.15) is 5.10 Å². The standard InChI is InChI=1S/C17H17N5/c1-12-7-9-13(10-8-12)17-16(11-18-21(17)2)22-15-6-4-3-5-14(15)19-20-22/h3-11,16-17H,1-2H3. The predicted molar refractivity (Wildman–Crippen MR) is 86.7 cm³/mol. The first kappa shape index (κ1) is 13.0. The molecule has 110 valence electrons. The van der Waals surface area contributed by atoms with Gasteiger partial charge >= 0.3 is 0 Å². The molecule has 0 radical (unpaired) electrons. The zero-order chi connectivity index (χ0) is 15.1. The molecule has 0 fully saturated rings. The fourth-order valence-electron chi connectivity index (χ4n) is 3.03. The summed E-state index contributed by atoms with van der Waals surface area (Å²) < 4.78 is 1.97. The van der Waals surface area contributed by atoms with Crippen molar-refractivity contribution in [2.24, 2.45) is 5.10 Å². The van der Waals surface area contributed by atoms with Gasteiger partial charge in [0.25, 0.3) is 0 Å². The van der Waals surface area contributed by atoms with Crippen molar-refractivity contribution < 1.29 is 0 Å². The van der Waals surface area contributed by atoms with E-state index >= 15 is 0 Å². The number of para-hydroxylation sites is 1. The SMILES string of the molecule is Cc1ccc(C2C(n3nnc4ccccc43)C=NN2C)cc1. The highest BCUT2D eigenvalue weighted by atomic mass is 15.5. The number of hydrogen-bond donors (Lipinski definition) is 0. The monoisotopic (exact) mass is 291 g/mol. The largest absolute Gasteiger partial charge is 0.290 e. The molecule has 2 unspecified atom stereocenters. The zero-order valence-corrected chi connectivity index (χ0v) is 12.6. The van der Waals surface area contributed by atoms with Crippen LogP contribution in [0.15, 0.2) is 53.6 Å². The molecule has 3 aromatic rings. The van der Waals surface area contributed by atoms with Crippen LogP contribution in [-0.2, 0) is 0 Å². The quantitative estimate of drug-likeness (QED) is 0.729. The number of nitrogens with zero attached hydrogens (tertiary/aromatic N) is 5. The molecule has 0 spiro atoms. The minimum absolute atomic E-state index is 0.0418. The highest BCUT2D eigenvalue weighted by Crippen LogP contribution is 2.35. The van der Waals surface area contributed by atoms with Gasteiger partial charge in [-0.05, 0) is 24.6 Å². The Kier molecular flexibility index (Phi) is 2.92. The number of hydrogen-bond acceptors (Lipinski definition) is 4. The molecule has 22 heavy (non-hydrogen) atoms. The van der Waals surface area contributed by atoms with Crippen LogP contribution in [0.2, 0.25) is 0 Å². The molecule has 4 rings (SSSR count). The van der Waals surface area contributed by atoms with E-state index in [-0.39, 0.29) is 12.1 Å². The van der Waals surface area contributed by atoms with Gasteiger partial charge in [0.15, 0.2) is 0 Å². The van der Waals surface area contributed by atoms with Gasteiger partial charge in [0.1, 0.15) is 11.6 Å². The third-order valence-electron chi connectivity index (χ3n) is 4.21. The van der Waals surface area contributed by atoms with E-state index in [1.807, 2.05) is 47.2 Å². The van der Waals surface area contributed by atoms with Gasteiger partial charge in [0.2, 0.25) is 0 Å². The maximum absolute atomic E-state index is 4.48. The lowest BCUT2D eigenvalue weighted by Gasteiger charge is -2.25. The molecule has 2 heterocycles. The summed E-state index contributed by atoms with van der Waals surface area (Å²) >= 11 is 0. The van der Waals surface area contributed by atoms with E-state index in [1.54, 1.807) is 0 Å². The van der Waals surface area contributed by atoms with Crippen LogP contribution >= 0.6 is 0 Å². The molecule has 0 aliphatic carbocycles. The van der Waals surface area contributed by atoms with Gasteiger partial charge in [0.05, 0.1) is 17.8 Å². The lowest BCUT2D eigenvalue weighted by atomic mass is 9.99. The van der Waals surface area contributed by atoms with Crippen LogP contribution in [0.3, 0.4) is 0 Å². The summed E-state index contributed by atoms with van der Waals surface area (Å²) in [7, 11) is 2.00. The molecule has 5 heteroatoms. The molecule has 0 saturated heterocycles. The molecular formula is C17H17N5. The van der Waals surface area contributed by atoms with Gasteiger partial charge in [-0.15, -0.1) is 5.10 Å². The minimum Gasteiger partial charge on any atom is -0.290 e. The lowest BCUT2D eigenvalue weighted by molar-refractivity contribution is 0.244. The van der Waals surface area contributed by atoms with Crippen LogP contribution in [0.4, 0.5) is 0 Å². The summed E-state index contributed by atoms with van der Waals surface area (Å²) in [4.78, 5) is 0. The van der Waals surface area contributed by atoms with Gasteiger partial charge < -0.3 is 0 Å². The first-order chi connectivity index (χ1) is 10.7. The van der Waals surface area contributed by atoms with Gasteiger partial charge in [-0.3, -0.25) is 5.01 Å². The summed E-state index contributed by atoms with van der Waals surface area (Å²) in [5.74, 6) is 0. The maximum Gasteiger partial charge on any atom is 0.117 e. The topological polar surface area (TPSA) is 46.3 Å². The summed E-state index contributed by atoms with van der Waals surface area (Å²) in [6.07, 6.45) is 1.95. The molecule has 1 aliphatic rings. The predicted octanol–water partition coefficient (Wildman–Crippen LogP) is 2.95. The van der Waals surface area contributed by atoms with Crippen LogP contribution in [0.1, 0.15) is 23.2 Å². The molecule has 1 aliphatic heterocycles. The van der Waals surface area contributed by atoms with Gasteiger partial charge in [-0.25, -0.2) is 4.68 Å². The number of aryl methyl sites for hydroxylation is 1. The zero-order valence-electron chi connectivity index (χ0n) is 12.6. The normalized spacial score (nSPS) is 20.9. The van der Waals surface area contributed by atoms with Crippen LogP contribution in [0, 0.1) is 6.92 Å². The Morgan fingerprint density at radius 1 is 1.00 bits per heavy atom. The van der Waals surface area contributed by atoms with E-state index in [0.29, 0.717) is 0 Å². The molecule has 2 aromatic carbocycles. The van der Waals surface area contributed by atoms with E-state index in [0.717, 1.165) is 11.0 Å². The average Bonchev–Trinajstić information content (AvgIpc) is 3.12. The van der Waals surface area contributed by atoms with E-state index < -0.39 is 0 Å². The van der Waals surface area contributed by atoms with Crippen molar-refractivity contribution in [2.45, 2.75) is 19.0 Å². The highest BCUT2D eigenvalue weighted by molar-refractivity contribution is 5.77. The lowest BCUT2D eigenvalue weighted by Crippen LogP contribution is -2.24. The third-order valence-corrected chi connectivity index (χ3v) is 4.21. The van der Waals surface area contributed by atoms with E-state index in [1.165, 1.54) is 11.1 Å². The average molecular weight is 291 g/mol. The Morgan fingerprint density at radius 2 is 1.77 bits per heavy atom. The Bertz CT molecular complexity index is 834. The smallest absolute Gasteiger partial charge is 0.117 e. The molecule has 0 bridgehead atoms. The van der Waals surface area contributed by atoms with Crippen LogP contribution < -0.4 is 0 Å². The molecule has 0 saturated carbocycles. The van der Waals surface area contributed by atoms with Crippen LogP contribution in [0.5, 0.6) is 0 Å². The Morgan fingerprint density at radius 3 is 2.59 bits per heavy atom. The van der Waals surface area contributed by atoms with Crippen molar-refractivity contribution in [3.05, 3.63) is 59.7 Å². The second-order valence-electron chi connectivity index (χ2n) is 5.71. The number of rotatable bonds is 2. The molecule has 5 nitrogen and oxygen atoms in total. The molecule has 0 N–H and O–H groups in total. The fourth-order valence-corrected chi connectivity index (χ4v) is 3.03. The third kappa shape index (κ3) is 1.97. The van der Waals surface area contributed by atoms with E-state index in [4.69, 9.17) is 0 Å². The molecule has 1 aromatic heterocycles. The van der Waals surface area contributed by atoms with Crippen molar-refractivity contribution in [1.82, 2.24) is 20.0 Å². The number of fused-ring (bicyclic) bond motifs is 1. The Balaban J connectivity index is 1.79. The molecular weight excluding hydrogens is 274 g/mol.